The van der Waals surface area contributed by atoms with Gasteiger partial charge in [-0.05, 0) is 49.8 Å². The van der Waals surface area contributed by atoms with Crippen LogP contribution in [0.25, 0.3) is 0 Å². The monoisotopic (exact) mass is 246 g/mol. The third-order valence-corrected chi connectivity index (χ3v) is 4.36. The first-order valence-corrected chi connectivity index (χ1v) is 6.73. The van der Waals surface area contributed by atoms with Gasteiger partial charge in [0.25, 0.3) is 0 Å². The molecule has 1 heterocycles. The van der Waals surface area contributed by atoms with Crippen LogP contribution in [0, 0.1) is 12.8 Å². The topological polar surface area (TPSA) is 29.3 Å². The Kier molecular flexibility index (Phi) is 2.58. The van der Waals surface area contributed by atoms with Crippen LogP contribution in [0.2, 0.25) is 0 Å². The standard InChI is InChI=1S/C14H18N2S/c1-9-2-5-12(14(15)17)13(6-9)16-8-10-3-4-11(16)7-10/h2,5-6,10-11H,3-4,7-8H2,1H3,(H2,15,17). The summed E-state index contributed by atoms with van der Waals surface area (Å²) in [7, 11) is 0. The minimum Gasteiger partial charge on any atom is -0.389 e. The predicted molar refractivity (Wildman–Crippen MR) is 75.5 cm³/mol. The van der Waals surface area contributed by atoms with Crippen molar-refractivity contribution in [3.05, 3.63) is 29.3 Å². The van der Waals surface area contributed by atoms with Gasteiger partial charge in [0, 0.05) is 23.8 Å². The van der Waals surface area contributed by atoms with Crippen molar-refractivity contribution in [1.29, 1.82) is 0 Å². The minimum absolute atomic E-state index is 0.516. The van der Waals surface area contributed by atoms with Gasteiger partial charge in [-0.25, -0.2) is 0 Å². The molecule has 3 rings (SSSR count). The maximum absolute atomic E-state index is 5.84. The molecule has 2 N–H and O–H groups in total. The van der Waals surface area contributed by atoms with Crippen molar-refractivity contribution in [1.82, 2.24) is 0 Å². The van der Waals surface area contributed by atoms with E-state index in [4.69, 9.17) is 18.0 Å². The average Bonchev–Trinajstić information content (AvgIpc) is 2.90. The van der Waals surface area contributed by atoms with Crippen LogP contribution >= 0.6 is 12.2 Å². The molecule has 1 aromatic rings. The zero-order chi connectivity index (χ0) is 12.0. The van der Waals surface area contributed by atoms with Crippen LogP contribution in [0.15, 0.2) is 18.2 Å². The van der Waals surface area contributed by atoms with Crippen molar-refractivity contribution in [3.63, 3.8) is 0 Å². The molecule has 17 heavy (non-hydrogen) atoms. The molecule has 2 fully saturated rings. The van der Waals surface area contributed by atoms with Crippen molar-refractivity contribution in [2.75, 3.05) is 11.4 Å². The molecule has 3 heteroatoms. The van der Waals surface area contributed by atoms with E-state index in [1.165, 1.54) is 37.1 Å². The smallest absolute Gasteiger partial charge is 0.106 e. The van der Waals surface area contributed by atoms with E-state index >= 15 is 0 Å². The second-order valence-electron chi connectivity index (χ2n) is 5.37. The Morgan fingerprint density at radius 1 is 1.41 bits per heavy atom. The summed E-state index contributed by atoms with van der Waals surface area (Å²) in [6.07, 6.45) is 4.08. The van der Waals surface area contributed by atoms with Crippen LogP contribution in [0.5, 0.6) is 0 Å². The predicted octanol–water partition coefficient (Wildman–Crippen LogP) is 2.62. The number of rotatable bonds is 2. The molecule has 2 unspecified atom stereocenters. The molecule has 0 radical (unpaired) electrons. The molecule has 1 aliphatic heterocycles. The minimum atomic E-state index is 0.516. The molecule has 1 saturated heterocycles. The molecule has 1 saturated carbocycles. The molecule has 0 spiro atoms. The Labute approximate surface area is 108 Å². The zero-order valence-electron chi connectivity index (χ0n) is 10.1. The van der Waals surface area contributed by atoms with Gasteiger partial charge in [0.1, 0.15) is 4.99 Å². The highest BCUT2D eigenvalue weighted by Crippen LogP contribution is 2.41. The van der Waals surface area contributed by atoms with Crippen LogP contribution in [-0.4, -0.2) is 17.6 Å². The summed E-state index contributed by atoms with van der Waals surface area (Å²) < 4.78 is 0. The Morgan fingerprint density at radius 3 is 2.82 bits per heavy atom. The Balaban J connectivity index is 2.01. The number of piperidine rings is 1. The zero-order valence-corrected chi connectivity index (χ0v) is 11.0. The number of benzene rings is 1. The van der Waals surface area contributed by atoms with Gasteiger partial charge in [-0.1, -0.05) is 18.3 Å². The molecule has 0 aromatic heterocycles. The van der Waals surface area contributed by atoms with Crippen molar-refractivity contribution in [3.8, 4) is 0 Å². The van der Waals surface area contributed by atoms with Crippen LogP contribution in [0.4, 0.5) is 5.69 Å². The third kappa shape index (κ3) is 1.82. The van der Waals surface area contributed by atoms with E-state index in [9.17, 15) is 0 Å². The lowest BCUT2D eigenvalue weighted by molar-refractivity contribution is 0.553. The summed E-state index contributed by atoms with van der Waals surface area (Å²) in [5, 5.41) is 0. The molecule has 2 atom stereocenters. The fourth-order valence-electron chi connectivity index (χ4n) is 3.31. The van der Waals surface area contributed by atoms with Crippen LogP contribution in [0.1, 0.15) is 30.4 Å². The summed E-state index contributed by atoms with van der Waals surface area (Å²) in [4.78, 5) is 3.04. The van der Waals surface area contributed by atoms with Gasteiger partial charge in [0.2, 0.25) is 0 Å². The second kappa shape index (κ2) is 3.98. The highest BCUT2D eigenvalue weighted by molar-refractivity contribution is 7.80. The van der Waals surface area contributed by atoms with Crippen LogP contribution in [0.3, 0.4) is 0 Å². The Morgan fingerprint density at radius 2 is 2.24 bits per heavy atom. The fourth-order valence-corrected chi connectivity index (χ4v) is 3.48. The summed E-state index contributed by atoms with van der Waals surface area (Å²) >= 11 is 5.17. The Bertz CT molecular complexity index is 469. The number of thiocarbonyl (C=S) groups is 1. The number of aryl methyl sites for hydroxylation is 1. The number of anilines is 1. The lowest BCUT2D eigenvalue weighted by Crippen LogP contribution is -2.33. The highest BCUT2D eigenvalue weighted by Gasteiger charge is 2.38. The van der Waals surface area contributed by atoms with E-state index in [1.54, 1.807) is 0 Å². The fraction of sp³-hybridized carbons (Fsp3) is 0.500. The summed E-state index contributed by atoms with van der Waals surface area (Å²) in [5.41, 5.74) is 9.41. The molecule has 2 bridgehead atoms. The molecule has 1 aliphatic carbocycles. The average molecular weight is 246 g/mol. The highest BCUT2D eigenvalue weighted by atomic mass is 32.1. The lowest BCUT2D eigenvalue weighted by atomic mass is 10.0. The van der Waals surface area contributed by atoms with E-state index in [-0.39, 0.29) is 0 Å². The van der Waals surface area contributed by atoms with Gasteiger partial charge >= 0.3 is 0 Å². The number of hydrogen-bond donors (Lipinski definition) is 1. The molecule has 2 nitrogen and oxygen atoms in total. The molecule has 0 amide bonds. The van der Waals surface area contributed by atoms with Crippen LogP contribution < -0.4 is 10.6 Å². The SMILES string of the molecule is Cc1ccc(C(N)=S)c(N2CC3CCC2C3)c1. The van der Waals surface area contributed by atoms with Gasteiger partial charge in [-0.2, -0.15) is 0 Å². The normalized spacial score (nSPS) is 26.5. The first kappa shape index (κ1) is 11.0. The van der Waals surface area contributed by atoms with Crippen LogP contribution in [-0.2, 0) is 0 Å². The van der Waals surface area contributed by atoms with Crippen molar-refractivity contribution in [2.24, 2.45) is 11.7 Å². The van der Waals surface area contributed by atoms with Gasteiger partial charge in [0.15, 0.2) is 0 Å². The van der Waals surface area contributed by atoms with Gasteiger partial charge in [0.05, 0.1) is 0 Å². The van der Waals surface area contributed by atoms with E-state index in [2.05, 4.69) is 30.0 Å². The van der Waals surface area contributed by atoms with E-state index < -0.39 is 0 Å². The van der Waals surface area contributed by atoms with Gasteiger partial charge in [-0.15, -0.1) is 0 Å². The molecular formula is C14H18N2S. The molecule has 90 valence electrons. The molecule has 2 aliphatic rings. The van der Waals surface area contributed by atoms with E-state index in [1.807, 2.05) is 0 Å². The number of hydrogen-bond acceptors (Lipinski definition) is 2. The lowest BCUT2D eigenvalue weighted by Gasteiger charge is -2.31. The van der Waals surface area contributed by atoms with Crippen molar-refractivity contribution in [2.45, 2.75) is 32.2 Å². The quantitative estimate of drug-likeness (QED) is 0.813. The van der Waals surface area contributed by atoms with E-state index in [0.29, 0.717) is 4.99 Å². The first-order valence-electron chi connectivity index (χ1n) is 6.32. The van der Waals surface area contributed by atoms with E-state index in [0.717, 1.165) is 17.5 Å². The molecule has 1 aromatic carbocycles. The number of fused-ring (bicyclic) bond motifs is 2. The summed E-state index contributed by atoms with van der Waals surface area (Å²) in [6, 6.07) is 7.11. The van der Waals surface area contributed by atoms with Crippen molar-refractivity contribution < 1.29 is 0 Å². The first-order chi connectivity index (χ1) is 8.15. The van der Waals surface area contributed by atoms with Gasteiger partial charge in [-0.3, -0.25) is 0 Å². The summed E-state index contributed by atoms with van der Waals surface area (Å²) in [5.74, 6) is 0.889. The maximum Gasteiger partial charge on any atom is 0.106 e. The van der Waals surface area contributed by atoms with Crippen molar-refractivity contribution >= 4 is 22.9 Å². The number of nitrogens with zero attached hydrogens (tertiary/aromatic N) is 1. The molecular weight excluding hydrogens is 228 g/mol. The second-order valence-corrected chi connectivity index (χ2v) is 5.81. The summed E-state index contributed by atoms with van der Waals surface area (Å²) in [6.45, 7) is 3.31. The Hall–Kier alpha value is -1.09. The largest absolute Gasteiger partial charge is 0.389 e. The number of nitrogens with two attached hydrogens (primary N) is 1. The van der Waals surface area contributed by atoms with Gasteiger partial charge < -0.3 is 10.6 Å². The third-order valence-electron chi connectivity index (χ3n) is 4.14. The maximum atomic E-state index is 5.84.